The van der Waals surface area contributed by atoms with Gasteiger partial charge in [0.1, 0.15) is 11.7 Å². The molecule has 0 saturated heterocycles. The summed E-state index contributed by atoms with van der Waals surface area (Å²) in [5, 5.41) is 16.8. The average molecular weight is 399 g/mol. The van der Waals surface area contributed by atoms with Crippen LogP contribution in [0.25, 0.3) is 0 Å². The Kier molecular flexibility index (Phi) is 5.54. The number of hydrogen-bond acceptors (Lipinski definition) is 4. The molecule has 0 aliphatic heterocycles. The number of halogens is 3. The molecule has 2 bridgehead atoms. The number of carbonyl (C=O) groups is 1. The van der Waals surface area contributed by atoms with Crippen LogP contribution in [-0.2, 0) is 11.0 Å². The predicted octanol–water partition coefficient (Wildman–Crippen LogP) is 4.35. The maximum Gasteiger partial charge on any atom is 0.416 e. The molecule has 154 valence electrons. The summed E-state index contributed by atoms with van der Waals surface area (Å²) in [4.78, 5) is 22.8. The van der Waals surface area contributed by atoms with E-state index in [0.29, 0.717) is 17.9 Å². The average Bonchev–Trinajstić information content (AvgIpc) is 3.24. The van der Waals surface area contributed by atoms with Gasteiger partial charge in [-0.1, -0.05) is 6.42 Å². The minimum absolute atomic E-state index is 0.00496. The Labute approximate surface area is 161 Å². The van der Waals surface area contributed by atoms with Gasteiger partial charge in [-0.2, -0.15) is 13.2 Å². The molecule has 6 nitrogen and oxygen atoms in total. The second kappa shape index (κ2) is 7.60. The summed E-state index contributed by atoms with van der Waals surface area (Å²) in [6, 6.07) is 1.40. The Hall–Kier alpha value is -2.32. The molecule has 2 fully saturated rings. The number of alkyl halides is 3. The SMILES string of the molecule is C[C@H](Nc1ccc(C(F)(F)F)cc1[N+](=O)[O-])C(=O)N[C@@H](C)[C@@H]1C[C@H]2CC[C@H]1C2. The molecule has 1 aromatic carbocycles. The van der Waals surface area contributed by atoms with E-state index in [1.807, 2.05) is 6.92 Å². The highest BCUT2D eigenvalue weighted by atomic mass is 19.4. The van der Waals surface area contributed by atoms with Crippen molar-refractivity contribution >= 4 is 17.3 Å². The summed E-state index contributed by atoms with van der Waals surface area (Å²) in [5.41, 5.74) is -1.93. The molecule has 2 aliphatic carbocycles. The molecule has 0 aromatic heterocycles. The zero-order chi connectivity index (χ0) is 20.6. The molecule has 0 unspecified atom stereocenters. The van der Waals surface area contributed by atoms with E-state index in [1.54, 1.807) is 0 Å². The van der Waals surface area contributed by atoms with Crippen molar-refractivity contribution in [3.8, 4) is 0 Å². The van der Waals surface area contributed by atoms with E-state index in [2.05, 4.69) is 10.6 Å². The molecule has 28 heavy (non-hydrogen) atoms. The van der Waals surface area contributed by atoms with Gasteiger partial charge in [-0.05, 0) is 63.0 Å². The van der Waals surface area contributed by atoms with Crippen LogP contribution in [0.1, 0.15) is 45.1 Å². The Morgan fingerprint density at radius 2 is 1.96 bits per heavy atom. The molecule has 0 radical (unpaired) electrons. The van der Waals surface area contributed by atoms with E-state index in [1.165, 1.54) is 26.2 Å². The normalized spacial score (nSPS) is 26.0. The van der Waals surface area contributed by atoms with Gasteiger partial charge in [0, 0.05) is 12.1 Å². The van der Waals surface area contributed by atoms with Gasteiger partial charge in [-0.25, -0.2) is 0 Å². The number of nitro benzene ring substituents is 1. The van der Waals surface area contributed by atoms with E-state index in [0.717, 1.165) is 24.5 Å². The van der Waals surface area contributed by atoms with Crippen molar-refractivity contribution in [2.45, 2.75) is 57.8 Å². The number of nitrogens with zero attached hydrogens (tertiary/aromatic N) is 1. The Morgan fingerprint density at radius 3 is 2.50 bits per heavy atom. The monoisotopic (exact) mass is 399 g/mol. The summed E-state index contributed by atoms with van der Waals surface area (Å²) in [5.74, 6) is 1.50. The van der Waals surface area contributed by atoms with Crippen molar-refractivity contribution in [2.75, 3.05) is 5.32 Å². The van der Waals surface area contributed by atoms with Crippen LogP contribution in [0.3, 0.4) is 0 Å². The third-order valence-electron chi connectivity index (χ3n) is 6.09. The van der Waals surface area contributed by atoms with Gasteiger partial charge >= 0.3 is 6.18 Å². The van der Waals surface area contributed by atoms with Crippen LogP contribution in [0.2, 0.25) is 0 Å². The van der Waals surface area contributed by atoms with Crippen LogP contribution in [0.5, 0.6) is 0 Å². The first-order valence-electron chi connectivity index (χ1n) is 9.48. The maximum absolute atomic E-state index is 12.8. The zero-order valence-electron chi connectivity index (χ0n) is 15.8. The summed E-state index contributed by atoms with van der Waals surface area (Å²) in [6.07, 6.45) is 0.107. The molecular weight excluding hydrogens is 375 g/mol. The molecule has 1 aromatic rings. The van der Waals surface area contributed by atoms with Crippen LogP contribution >= 0.6 is 0 Å². The molecule has 2 N–H and O–H groups in total. The van der Waals surface area contributed by atoms with E-state index in [-0.39, 0.29) is 17.6 Å². The molecule has 9 heteroatoms. The minimum atomic E-state index is -4.68. The van der Waals surface area contributed by atoms with E-state index < -0.39 is 28.4 Å². The summed E-state index contributed by atoms with van der Waals surface area (Å²) in [6.45, 7) is 3.50. The van der Waals surface area contributed by atoms with Gasteiger partial charge in [-0.3, -0.25) is 14.9 Å². The second-order valence-corrected chi connectivity index (χ2v) is 7.99. The van der Waals surface area contributed by atoms with Crippen molar-refractivity contribution in [3.05, 3.63) is 33.9 Å². The fourth-order valence-corrected chi connectivity index (χ4v) is 4.64. The number of amides is 1. The third kappa shape index (κ3) is 4.23. The molecule has 0 heterocycles. The van der Waals surface area contributed by atoms with Gasteiger partial charge in [0.25, 0.3) is 5.69 Å². The van der Waals surface area contributed by atoms with Crippen LogP contribution in [0.4, 0.5) is 24.5 Å². The molecule has 0 spiro atoms. The van der Waals surface area contributed by atoms with E-state index >= 15 is 0 Å². The topological polar surface area (TPSA) is 84.3 Å². The lowest BCUT2D eigenvalue weighted by atomic mass is 9.84. The summed E-state index contributed by atoms with van der Waals surface area (Å²) in [7, 11) is 0. The van der Waals surface area contributed by atoms with Gasteiger partial charge in [-0.15, -0.1) is 0 Å². The van der Waals surface area contributed by atoms with Crippen LogP contribution in [-0.4, -0.2) is 22.9 Å². The lowest BCUT2D eigenvalue weighted by molar-refractivity contribution is -0.384. The fraction of sp³-hybridized carbons (Fsp3) is 0.632. The summed E-state index contributed by atoms with van der Waals surface area (Å²) < 4.78 is 38.4. The summed E-state index contributed by atoms with van der Waals surface area (Å²) >= 11 is 0. The number of hydrogen-bond donors (Lipinski definition) is 2. The molecule has 5 atom stereocenters. The number of carbonyl (C=O) groups excluding carboxylic acids is 1. The van der Waals surface area contributed by atoms with Crippen molar-refractivity contribution in [3.63, 3.8) is 0 Å². The number of rotatable bonds is 6. The van der Waals surface area contributed by atoms with E-state index in [4.69, 9.17) is 0 Å². The Morgan fingerprint density at radius 1 is 1.25 bits per heavy atom. The Bertz CT molecular complexity index is 769. The van der Waals surface area contributed by atoms with Crippen molar-refractivity contribution in [2.24, 2.45) is 17.8 Å². The van der Waals surface area contributed by atoms with Crippen LogP contribution < -0.4 is 10.6 Å². The molecule has 3 rings (SSSR count). The number of anilines is 1. The predicted molar refractivity (Wildman–Crippen MR) is 97.7 cm³/mol. The van der Waals surface area contributed by atoms with Crippen LogP contribution in [0.15, 0.2) is 18.2 Å². The quantitative estimate of drug-likeness (QED) is 0.550. The maximum atomic E-state index is 12.8. The lowest BCUT2D eigenvalue weighted by Crippen LogP contribution is -2.46. The standard InChI is InChI=1S/C19H24F3N3O3/c1-10(15-8-12-3-4-13(15)7-12)24-18(26)11(2)23-16-6-5-14(19(20,21)22)9-17(16)25(27)28/h5-6,9-13,15,23H,3-4,7-8H2,1-2H3,(H,24,26)/t10-,11-,12-,13-,15-/m0/s1. The highest BCUT2D eigenvalue weighted by Crippen LogP contribution is 2.49. The molecule has 2 saturated carbocycles. The smallest absolute Gasteiger partial charge is 0.368 e. The second-order valence-electron chi connectivity index (χ2n) is 7.99. The van der Waals surface area contributed by atoms with Gasteiger partial charge in [0.15, 0.2) is 0 Å². The largest absolute Gasteiger partial charge is 0.416 e. The Balaban J connectivity index is 1.65. The third-order valence-corrected chi connectivity index (χ3v) is 6.09. The van der Waals surface area contributed by atoms with Crippen LogP contribution in [0, 0.1) is 27.9 Å². The lowest BCUT2D eigenvalue weighted by Gasteiger charge is -2.29. The van der Waals surface area contributed by atoms with Gasteiger partial charge in [0.2, 0.25) is 5.91 Å². The minimum Gasteiger partial charge on any atom is -0.368 e. The number of benzene rings is 1. The van der Waals surface area contributed by atoms with Crippen molar-refractivity contribution in [1.82, 2.24) is 5.32 Å². The van der Waals surface area contributed by atoms with E-state index in [9.17, 15) is 28.1 Å². The fourth-order valence-electron chi connectivity index (χ4n) is 4.64. The van der Waals surface area contributed by atoms with Crippen molar-refractivity contribution < 1.29 is 22.9 Å². The van der Waals surface area contributed by atoms with Crippen molar-refractivity contribution in [1.29, 1.82) is 0 Å². The number of nitro groups is 1. The molecule has 2 aliphatic rings. The number of fused-ring (bicyclic) bond motifs is 2. The zero-order valence-corrected chi connectivity index (χ0v) is 15.8. The number of nitrogens with one attached hydrogen (secondary N) is 2. The molecule has 1 amide bonds. The highest BCUT2D eigenvalue weighted by molar-refractivity contribution is 5.85. The van der Waals surface area contributed by atoms with Gasteiger partial charge < -0.3 is 10.6 Å². The van der Waals surface area contributed by atoms with Gasteiger partial charge in [0.05, 0.1) is 10.5 Å². The highest BCUT2D eigenvalue weighted by Gasteiger charge is 2.42. The molecular formula is C19H24F3N3O3. The first kappa shape index (κ1) is 20.4. The first-order chi connectivity index (χ1) is 13.1. The first-order valence-corrected chi connectivity index (χ1v) is 9.48.